The molecule has 0 aromatic heterocycles. The third-order valence-electron chi connectivity index (χ3n) is 5.18. The van der Waals surface area contributed by atoms with E-state index in [4.69, 9.17) is 0 Å². The molecular weight excluding hydrogens is 310 g/mol. The number of nitrogens with zero attached hydrogens (tertiary/aromatic N) is 1. The van der Waals surface area contributed by atoms with Crippen molar-refractivity contribution >= 4 is 12.4 Å². The van der Waals surface area contributed by atoms with E-state index in [0.29, 0.717) is 6.04 Å². The van der Waals surface area contributed by atoms with Crippen molar-refractivity contribution in [2.45, 2.75) is 32.7 Å². The Hall–Kier alpha value is -1.71. The second kappa shape index (κ2) is 5.73. The number of benzene rings is 2. The number of aryl methyl sites for hydroxylation is 1. The number of fused-ring (bicyclic) bond motifs is 2. The van der Waals surface area contributed by atoms with Crippen molar-refractivity contribution in [3.8, 4) is 22.6 Å². The molecule has 1 aliphatic heterocycles. The molecule has 4 heteroatoms. The maximum absolute atomic E-state index is 10.4. The smallest absolute Gasteiger partial charge is 0.165 e. The summed E-state index contributed by atoms with van der Waals surface area (Å²) in [6, 6.07) is 8.39. The molecule has 2 aromatic carbocycles. The first-order valence-electron chi connectivity index (χ1n) is 8.01. The van der Waals surface area contributed by atoms with Crippen LogP contribution in [0.15, 0.2) is 24.3 Å². The molecular formula is C19H22ClNO2. The van der Waals surface area contributed by atoms with Crippen LogP contribution in [0.3, 0.4) is 0 Å². The van der Waals surface area contributed by atoms with Crippen LogP contribution in [0.5, 0.6) is 11.5 Å². The number of hydrogen-bond acceptors (Lipinski definition) is 3. The number of hydrogen-bond donors (Lipinski definition) is 2. The lowest BCUT2D eigenvalue weighted by atomic mass is 9.76. The summed E-state index contributed by atoms with van der Waals surface area (Å²) in [5.74, 6) is -0.00650. The highest BCUT2D eigenvalue weighted by atomic mass is 35.5. The number of phenols is 2. The molecule has 2 aromatic rings. The molecule has 0 fully saturated rings. The molecule has 0 bridgehead atoms. The van der Waals surface area contributed by atoms with Crippen molar-refractivity contribution in [3.63, 3.8) is 0 Å². The zero-order valence-electron chi connectivity index (χ0n) is 13.5. The molecule has 0 spiro atoms. The first-order chi connectivity index (χ1) is 10.6. The standard InChI is InChI=1S/C19H21NO2.ClH/c1-3-20-7-6-13-8-11(2)9-14-17(13)15(20)10-12-4-5-16(21)19(22)18(12)14;/h4-5,8-9,15,21-22H,3,6-7,10H2,1-2H3;1H. The maximum Gasteiger partial charge on any atom is 0.165 e. The third kappa shape index (κ3) is 2.30. The van der Waals surface area contributed by atoms with Crippen molar-refractivity contribution in [2.24, 2.45) is 0 Å². The number of likely N-dealkylation sites (N-methyl/N-ethyl adjacent to an activating group) is 1. The molecule has 2 N–H and O–H groups in total. The number of aromatic hydroxyl groups is 2. The predicted molar refractivity (Wildman–Crippen MR) is 94.6 cm³/mol. The molecule has 3 nitrogen and oxygen atoms in total. The van der Waals surface area contributed by atoms with Gasteiger partial charge in [-0.05, 0) is 54.6 Å². The van der Waals surface area contributed by atoms with Crippen LogP contribution in [0.4, 0.5) is 0 Å². The van der Waals surface area contributed by atoms with E-state index in [-0.39, 0.29) is 23.9 Å². The van der Waals surface area contributed by atoms with Gasteiger partial charge in [-0.3, -0.25) is 4.90 Å². The van der Waals surface area contributed by atoms with Crippen molar-refractivity contribution in [1.82, 2.24) is 4.90 Å². The van der Waals surface area contributed by atoms with E-state index in [1.807, 2.05) is 6.07 Å². The molecule has 4 rings (SSSR count). The maximum atomic E-state index is 10.4. The third-order valence-corrected chi connectivity index (χ3v) is 5.18. The minimum absolute atomic E-state index is 0. The molecule has 1 aliphatic carbocycles. The first-order valence-corrected chi connectivity index (χ1v) is 8.01. The lowest BCUT2D eigenvalue weighted by Crippen LogP contribution is -2.38. The molecule has 1 unspecified atom stereocenters. The van der Waals surface area contributed by atoms with Crippen LogP contribution in [0.2, 0.25) is 0 Å². The Morgan fingerprint density at radius 1 is 1.17 bits per heavy atom. The Kier molecular flexibility index (Phi) is 4.03. The zero-order valence-corrected chi connectivity index (χ0v) is 14.3. The largest absolute Gasteiger partial charge is 0.504 e. The summed E-state index contributed by atoms with van der Waals surface area (Å²) >= 11 is 0. The summed E-state index contributed by atoms with van der Waals surface area (Å²) < 4.78 is 0. The SMILES string of the molecule is CCN1CCc2cc(C)cc3c2C1Cc1ccc(O)c(O)c1-3.Cl. The quantitative estimate of drug-likeness (QED) is 0.777. The van der Waals surface area contributed by atoms with Crippen molar-refractivity contribution in [1.29, 1.82) is 0 Å². The van der Waals surface area contributed by atoms with Gasteiger partial charge < -0.3 is 10.2 Å². The minimum Gasteiger partial charge on any atom is -0.504 e. The van der Waals surface area contributed by atoms with Crippen LogP contribution in [0.1, 0.15) is 35.2 Å². The van der Waals surface area contributed by atoms with Crippen LogP contribution in [0.25, 0.3) is 11.1 Å². The Morgan fingerprint density at radius 3 is 2.70 bits per heavy atom. The minimum atomic E-state index is -0.0318. The second-order valence-corrected chi connectivity index (χ2v) is 6.45. The fourth-order valence-electron chi connectivity index (χ4n) is 4.19. The average Bonchev–Trinajstić information content (AvgIpc) is 2.51. The fourth-order valence-corrected chi connectivity index (χ4v) is 4.19. The van der Waals surface area contributed by atoms with Gasteiger partial charge in [0, 0.05) is 18.2 Å². The molecule has 23 heavy (non-hydrogen) atoms. The Balaban J connectivity index is 0.00000156. The summed E-state index contributed by atoms with van der Waals surface area (Å²) in [6.07, 6.45) is 1.96. The van der Waals surface area contributed by atoms with Crippen LogP contribution >= 0.6 is 12.4 Å². The van der Waals surface area contributed by atoms with Crippen molar-refractivity contribution in [3.05, 3.63) is 46.5 Å². The highest BCUT2D eigenvalue weighted by molar-refractivity contribution is 5.85. The van der Waals surface area contributed by atoms with Gasteiger partial charge in [0.25, 0.3) is 0 Å². The highest BCUT2D eigenvalue weighted by Crippen LogP contribution is 2.50. The van der Waals surface area contributed by atoms with E-state index in [9.17, 15) is 10.2 Å². The first kappa shape index (κ1) is 16.2. The number of halogens is 1. The molecule has 1 heterocycles. The van der Waals surface area contributed by atoms with Crippen LogP contribution < -0.4 is 0 Å². The van der Waals surface area contributed by atoms with Gasteiger partial charge in [-0.1, -0.05) is 30.7 Å². The average molecular weight is 332 g/mol. The summed E-state index contributed by atoms with van der Waals surface area (Å²) in [6.45, 7) is 6.45. The summed E-state index contributed by atoms with van der Waals surface area (Å²) in [7, 11) is 0. The molecule has 2 aliphatic rings. The summed E-state index contributed by atoms with van der Waals surface area (Å²) in [5.41, 5.74) is 7.03. The summed E-state index contributed by atoms with van der Waals surface area (Å²) in [5, 5.41) is 20.3. The topological polar surface area (TPSA) is 43.7 Å². The molecule has 1 atom stereocenters. The van der Waals surface area contributed by atoms with Gasteiger partial charge in [0.15, 0.2) is 11.5 Å². The summed E-state index contributed by atoms with van der Waals surface area (Å²) in [4.78, 5) is 2.52. The van der Waals surface area contributed by atoms with Gasteiger partial charge >= 0.3 is 0 Å². The van der Waals surface area contributed by atoms with E-state index in [1.165, 1.54) is 16.7 Å². The Bertz CT molecular complexity index is 772. The van der Waals surface area contributed by atoms with E-state index in [0.717, 1.165) is 42.6 Å². The van der Waals surface area contributed by atoms with Gasteiger partial charge in [-0.2, -0.15) is 0 Å². The molecule has 0 saturated carbocycles. The predicted octanol–water partition coefficient (Wildman–Crippen LogP) is 3.97. The Labute approximate surface area is 143 Å². The van der Waals surface area contributed by atoms with E-state index in [1.54, 1.807) is 6.07 Å². The fraction of sp³-hybridized carbons (Fsp3) is 0.368. The second-order valence-electron chi connectivity index (χ2n) is 6.45. The number of phenolic OH excluding ortho intramolecular Hbond substituents is 2. The van der Waals surface area contributed by atoms with E-state index < -0.39 is 0 Å². The van der Waals surface area contributed by atoms with Crippen LogP contribution in [-0.4, -0.2) is 28.2 Å². The van der Waals surface area contributed by atoms with Crippen molar-refractivity contribution < 1.29 is 10.2 Å². The molecule has 0 saturated heterocycles. The Morgan fingerprint density at radius 2 is 1.96 bits per heavy atom. The van der Waals surface area contributed by atoms with Gasteiger partial charge in [-0.15, -0.1) is 12.4 Å². The lowest BCUT2D eigenvalue weighted by Gasteiger charge is -2.41. The van der Waals surface area contributed by atoms with Crippen LogP contribution in [0, 0.1) is 6.92 Å². The monoisotopic (exact) mass is 331 g/mol. The highest BCUT2D eigenvalue weighted by Gasteiger charge is 2.35. The van der Waals surface area contributed by atoms with Gasteiger partial charge in [0.05, 0.1) is 0 Å². The van der Waals surface area contributed by atoms with Crippen LogP contribution in [-0.2, 0) is 12.8 Å². The molecule has 0 radical (unpaired) electrons. The van der Waals surface area contributed by atoms with Gasteiger partial charge in [-0.25, -0.2) is 0 Å². The molecule has 0 amide bonds. The van der Waals surface area contributed by atoms with Gasteiger partial charge in [0.1, 0.15) is 0 Å². The van der Waals surface area contributed by atoms with E-state index in [2.05, 4.69) is 30.9 Å². The zero-order chi connectivity index (χ0) is 15.4. The molecule has 122 valence electrons. The van der Waals surface area contributed by atoms with E-state index >= 15 is 0 Å². The lowest BCUT2D eigenvalue weighted by molar-refractivity contribution is 0.192. The van der Waals surface area contributed by atoms with Crippen molar-refractivity contribution in [2.75, 3.05) is 13.1 Å². The number of rotatable bonds is 1. The van der Waals surface area contributed by atoms with Gasteiger partial charge in [0.2, 0.25) is 0 Å². The normalized spacial score (nSPS) is 18.8.